The van der Waals surface area contributed by atoms with E-state index in [2.05, 4.69) is 45.0 Å². The van der Waals surface area contributed by atoms with Gasteiger partial charge in [0, 0.05) is 6.42 Å². The van der Waals surface area contributed by atoms with Crippen LogP contribution >= 0.6 is 0 Å². The van der Waals surface area contributed by atoms with Gasteiger partial charge in [-0.25, -0.2) is 0 Å². The molecule has 1 aliphatic heterocycles. The fourth-order valence-corrected chi connectivity index (χ4v) is 2.90. The van der Waals surface area contributed by atoms with Crippen LogP contribution in [0.25, 0.3) is 10.8 Å². The summed E-state index contributed by atoms with van der Waals surface area (Å²) in [6.45, 7) is 6.37. The SMILES string of the molecule is CC(C)(C)C1Cc2cccc3cccc(c23)CC(=O)O1. The first kappa shape index (κ1) is 13.2. The maximum Gasteiger partial charge on any atom is 0.310 e. The van der Waals surface area contributed by atoms with E-state index in [1.165, 1.54) is 16.3 Å². The first-order valence-corrected chi connectivity index (χ1v) is 7.14. The Morgan fingerprint density at radius 1 is 1.05 bits per heavy atom. The summed E-state index contributed by atoms with van der Waals surface area (Å²) in [5, 5.41) is 2.45. The lowest BCUT2D eigenvalue weighted by Gasteiger charge is -2.32. The molecule has 3 rings (SSSR count). The van der Waals surface area contributed by atoms with E-state index in [0.717, 1.165) is 12.0 Å². The fraction of sp³-hybridized carbons (Fsp3) is 0.389. The van der Waals surface area contributed by atoms with E-state index in [-0.39, 0.29) is 17.5 Å². The van der Waals surface area contributed by atoms with Crippen LogP contribution in [0, 0.1) is 5.41 Å². The molecular formula is C18H20O2. The van der Waals surface area contributed by atoms with Gasteiger partial charge in [0.25, 0.3) is 0 Å². The summed E-state index contributed by atoms with van der Waals surface area (Å²) in [7, 11) is 0. The molecule has 0 saturated heterocycles. The molecular weight excluding hydrogens is 248 g/mol. The quantitative estimate of drug-likeness (QED) is 0.677. The third-order valence-corrected chi connectivity index (χ3v) is 4.06. The molecule has 1 unspecified atom stereocenters. The van der Waals surface area contributed by atoms with Gasteiger partial charge in [0.2, 0.25) is 0 Å². The van der Waals surface area contributed by atoms with Crippen molar-refractivity contribution < 1.29 is 9.53 Å². The van der Waals surface area contributed by atoms with Gasteiger partial charge in [0.15, 0.2) is 0 Å². The second kappa shape index (κ2) is 4.62. The zero-order chi connectivity index (χ0) is 14.3. The van der Waals surface area contributed by atoms with Crippen LogP contribution in [0.15, 0.2) is 36.4 Å². The molecule has 0 spiro atoms. The van der Waals surface area contributed by atoms with Crippen LogP contribution < -0.4 is 0 Å². The maximum absolute atomic E-state index is 12.1. The summed E-state index contributed by atoms with van der Waals surface area (Å²) in [6.07, 6.45) is 1.07. The van der Waals surface area contributed by atoms with E-state index in [1.54, 1.807) is 0 Å². The van der Waals surface area contributed by atoms with Crippen LogP contribution in [-0.2, 0) is 22.4 Å². The molecule has 1 atom stereocenters. The molecule has 0 radical (unpaired) electrons. The van der Waals surface area contributed by atoms with E-state index in [0.29, 0.717) is 6.42 Å². The van der Waals surface area contributed by atoms with Crippen LogP contribution in [0.5, 0.6) is 0 Å². The zero-order valence-corrected chi connectivity index (χ0v) is 12.3. The number of carbonyl (C=O) groups excluding carboxylic acids is 1. The molecule has 0 aliphatic carbocycles. The molecule has 2 heteroatoms. The van der Waals surface area contributed by atoms with Crippen molar-refractivity contribution in [1.29, 1.82) is 0 Å². The number of benzene rings is 2. The van der Waals surface area contributed by atoms with Crippen LogP contribution in [0.2, 0.25) is 0 Å². The molecule has 1 aliphatic rings. The molecule has 0 saturated carbocycles. The monoisotopic (exact) mass is 268 g/mol. The third kappa shape index (κ3) is 2.31. The number of carbonyl (C=O) groups is 1. The van der Waals surface area contributed by atoms with Crippen molar-refractivity contribution in [2.24, 2.45) is 5.41 Å². The van der Waals surface area contributed by atoms with Crippen molar-refractivity contribution in [1.82, 2.24) is 0 Å². The van der Waals surface area contributed by atoms with Crippen LogP contribution in [-0.4, -0.2) is 12.1 Å². The van der Waals surface area contributed by atoms with Crippen molar-refractivity contribution in [2.75, 3.05) is 0 Å². The highest BCUT2D eigenvalue weighted by molar-refractivity contribution is 5.92. The van der Waals surface area contributed by atoms with Crippen molar-refractivity contribution in [3.63, 3.8) is 0 Å². The molecule has 0 fully saturated rings. The highest BCUT2D eigenvalue weighted by atomic mass is 16.5. The first-order valence-electron chi connectivity index (χ1n) is 7.14. The van der Waals surface area contributed by atoms with Gasteiger partial charge in [-0.15, -0.1) is 0 Å². The summed E-state index contributed by atoms with van der Waals surface area (Å²) in [5.41, 5.74) is 2.31. The maximum atomic E-state index is 12.1. The number of esters is 1. The van der Waals surface area contributed by atoms with Crippen molar-refractivity contribution >= 4 is 16.7 Å². The summed E-state index contributed by atoms with van der Waals surface area (Å²) < 4.78 is 5.70. The lowest BCUT2D eigenvalue weighted by Crippen LogP contribution is -2.35. The molecule has 0 amide bonds. The van der Waals surface area contributed by atoms with Crippen molar-refractivity contribution in [3.05, 3.63) is 47.5 Å². The lowest BCUT2D eigenvalue weighted by atomic mass is 9.83. The number of hydrogen-bond acceptors (Lipinski definition) is 2. The minimum absolute atomic E-state index is 0.0515. The van der Waals surface area contributed by atoms with E-state index < -0.39 is 0 Å². The van der Waals surface area contributed by atoms with Gasteiger partial charge >= 0.3 is 5.97 Å². The Morgan fingerprint density at radius 2 is 1.70 bits per heavy atom. The predicted octanol–water partition coefficient (Wildman–Crippen LogP) is 3.90. The van der Waals surface area contributed by atoms with Gasteiger partial charge < -0.3 is 4.74 Å². The largest absolute Gasteiger partial charge is 0.461 e. The molecule has 0 bridgehead atoms. The Balaban J connectivity index is 2.19. The Bertz CT molecular complexity index is 659. The van der Waals surface area contributed by atoms with Crippen LogP contribution in [0.1, 0.15) is 31.9 Å². The Hall–Kier alpha value is -1.83. The molecule has 0 N–H and O–H groups in total. The predicted molar refractivity (Wildman–Crippen MR) is 80.7 cm³/mol. The minimum Gasteiger partial charge on any atom is -0.461 e. The van der Waals surface area contributed by atoms with Gasteiger partial charge in [-0.1, -0.05) is 57.2 Å². The van der Waals surface area contributed by atoms with Gasteiger partial charge in [-0.3, -0.25) is 4.79 Å². The fourth-order valence-electron chi connectivity index (χ4n) is 2.90. The summed E-state index contributed by atoms with van der Waals surface area (Å²) >= 11 is 0. The van der Waals surface area contributed by atoms with Crippen molar-refractivity contribution in [3.8, 4) is 0 Å². The second-order valence-electron chi connectivity index (χ2n) is 6.66. The average molecular weight is 268 g/mol. The first-order chi connectivity index (χ1) is 9.45. The highest BCUT2D eigenvalue weighted by Gasteiger charge is 2.31. The van der Waals surface area contributed by atoms with Gasteiger partial charge in [0.1, 0.15) is 6.10 Å². The van der Waals surface area contributed by atoms with Gasteiger partial charge in [0.05, 0.1) is 6.42 Å². The van der Waals surface area contributed by atoms with E-state index in [4.69, 9.17) is 4.74 Å². The highest BCUT2D eigenvalue weighted by Crippen LogP contribution is 2.32. The Morgan fingerprint density at radius 3 is 2.35 bits per heavy atom. The van der Waals surface area contributed by atoms with E-state index in [9.17, 15) is 4.79 Å². The normalized spacial score (nSPS) is 19.4. The minimum atomic E-state index is -0.119. The summed E-state index contributed by atoms with van der Waals surface area (Å²) in [4.78, 5) is 12.1. The topological polar surface area (TPSA) is 26.3 Å². The van der Waals surface area contributed by atoms with E-state index >= 15 is 0 Å². The molecule has 2 aromatic rings. The van der Waals surface area contributed by atoms with E-state index in [1.807, 2.05) is 12.1 Å². The summed E-state index contributed by atoms with van der Waals surface area (Å²) in [5.74, 6) is -0.119. The average Bonchev–Trinajstić information content (AvgIpc) is 2.35. The van der Waals surface area contributed by atoms with Gasteiger partial charge in [-0.05, 0) is 27.3 Å². The van der Waals surface area contributed by atoms with Crippen LogP contribution in [0.4, 0.5) is 0 Å². The Labute approximate surface area is 119 Å². The van der Waals surface area contributed by atoms with Crippen molar-refractivity contribution in [2.45, 2.75) is 39.7 Å². The van der Waals surface area contributed by atoms with Gasteiger partial charge in [-0.2, -0.15) is 0 Å². The molecule has 104 valence electrons. The molecule has 0 aromatic heterocycles. The Kier molecular flexibility index (Phi) is 3.04. The number of cyclic esters (lactones) is 1. The second-order valence-corrected chi connectivity index (χ2v) is 6.66. The lowest BCUT2D eigenvalue weighted by molar-refractivity contribution is -0.153. The summed E-state index contributed by atoms with van der Waals surface area (Å²) in [6, 6.07) is 12.5. The number of rotatable bonds is 0. The standard InChI is InChI=1S/C18H20O2/c1-18(2,3)15-10-13-8-4-6-12-7-5-9-14(17(12)13)11-16(19)20-15/h4-9,15H,10-11H2,1-3H3. The third-order valence-electron chi connectivity index (χ3n) is 4.06. The molecule has 2 nitrogen and oxygen atoms in total. The zero-order valence-electron chi connectivity index (χ0n) is 12.3. The number of hydrogen-bond donors (Lipinski definition) is 0. The van der Waals surface area contributed by atoms with Crippen LogP contribution in [0.3, 0.4) is 0 Å². The molecule has 1 heterocycles. The molecule has 20 heavy (non-hydrogen) atoms. The smallest absolute Gasteiger partial charge is 0.310 e. The molecule has 2 aromatic carbocycles. The number of ether oxygens (including phenoxy) is 1.